The molecule has 0 saturated heterocycles. The molecule has 62 heavy (non-hydrogen) atoms. The molecule has 12 aromatic rings. The Hall–Kier alpha value is -8.48. The lowest BCUT2D eigenvalue weighted by Gasteiger charge is -2.12. The largest absolute Gasteiger partial charge is 0.455 e. The van der Waals surface area contributed by atoms with E-state index >= 15 is 0 Å². The highest BCUT2D eigenvalue weighted by atomic mass is 16.3. The summed E-state index contributed by atoms with van der Waals surface area (Å²) in [7, 11) is 0. The zero-order chi connectivity index (χ0) is 41.0. The first kappa shape index (κ1) is 35.5. The highest BCUT2D eigenvalue weighted by Crippen LogP contribution is 2.41. The Labute approximate surface area is 357 Å². The first-order valence-electron chi connectivity index (χ1n) is 20.7. The number of hydrogen-bond acceptors (Lipinski definition) is 5. The van der Waals surface area contributed by atoms with Gasteiger partial charge >= 0.3 is 0 Å². The van der Waals surface area contributed by atoms with Gasteiger partial charge < -0.3 is 4.42 Å². The van der Waals surface area contributed by atoms with Crippen LogP contribution in [0, 0.1) is 0 Å². The average molecular weight is 794 g/mol. The van der Waals surface area contributed by atoms with Crippen LogP contribution >= 0.6 is 0 Å². The number of furan rings is 1. The first-order valence-corrected chi connectivity index (χ1v) is 20.7. The predicted octanol–water partition coefficient (Wildman–Crippen LogP) is 14.2. The summed E-state index contributed by atoms with van der Waals surface area (Å²) in [5.41, 5.74) is 13.9. The molecule has 0 spiro atoms. The summed E-state index contributed by atoms with van der Waals surface area (Å²) >= 11 is 0. The second-order valence-electron chi connectivity index (χ2n) is 15.4. The lowest BCUT2D eigenvalue weighted by atomic mass is 9.97. The number of para-hydroxylation sites is 2. The smallest absolute Gasteiger partial charge is 0.164 e. The number of pyridine rings is 1. The molecule has 4 heterocycles. The Bertz CT molecular complexity index is 3600. The zero-order valence-corrected chi connectivity index (χ0v) is 33.4. The number of hydrogen-bond donors (Lipinski definition) is 0. The molecule has 0 saturated carbocycles. The standard InChI is InChI=1S/C56H35N5O/c1-4-15-38(16-5-1)50-51(39-17-6-2-7-18-39)60-61-48(35-43-21-10-11-22-44(43)52(50)61)37-29-33-42(34-30-37)56-58-54(40-19-8-3-9-20-40)57-55(59-56)41-31-27-36(28-32-41)45-24-14-25-47-46-23-12-13-26-49(46)62-53(45)47/h1-35H. The molecule has 0 unspecified atom stereocenters. The van der Waals surface area contributed by atoms with Gasteiger partial charge in [-0.3, -0.25) is 0 Å². The van der Waals surface area contributed by atoms with Gasteiger partial charge in [0.15, 0.2) is 17.5 Å². The Morgan fingerprint density at radius 1 is 0.371 bits per heavy atom. The van der Waals surface area contributed by atoms with Crippen LogP contribution in [0.3, 0.4) is 0 Å². The molecule has 6 nitrogen and oxygen atoms in total. The molecule has 0 fully saturated rings. The van der Waals surface area contributed by atoms with Gasteiger partial charge in [0.05, 0.1) is 11.2 Å². The van der Waals surface area contributed by atoms with Crippen molar-refractivity contribution in [3.63, 3.8) is 0 Å². The third kappa shape index (κ3) is 6.04. The quantitative estimate of drug-likeness (QED) is 0.161. The minimum Gasteiger partial charge on any atom is -0.455 e. The number of rotatable bonds is 7. The van der Waals surface area contributed by atoms with Crippen molar-refractivity contribution in [1.29, 1.82) is 0 Å². The van der Waals surface area contributed by atoms with E-state index in [-0.39, 0.29) is 0 Å². The SMILES string of the molecule is c1ccc(-c2nc(-c3ccc(-c4cccc5c4oc4ccccc45)cc3)nc(-c3ccc(-c4cc5ccccc5c5c(-c6ccccc6)c(-c6ccccc6)nn45)cc3)n2)cc1. The second kappa shape index (κ2) is 14.7. The molecule has 0 atom stereocenters. The van der Waals surface area contributed by atoms with Crippen LogP contribution in [0.2, 0.25) is 0 Å². The van der Waals surface area contributed by atoms with E-state index in [0.717, 1.165) is 99.7 Å². The van der Waals surface area contributed by atoms with Gasteiger partial charge in [0.25, 0.3) is 0 Å². The van der Waals surface area contributed by atoms with Crippen molar-refractivity contribution in [3.8, 4) is 78.9 Å². The molecule has 0 amide bonds. The number of nitrogens with zero attached hydrogens (tertiary/aromatic N) is 5. The molecule has 12 rings (SSSR count). The lowest BCUT2D eigenvalue weighted by molar-refractivity contribution is 0.670. The molecule has 6 heteroatoms. The van der Waals surface area contributed by atoms with Gasteiger partial charge in [0.1, 0.15) is 16.9 Å². The summed E-state index contributed by atoms with van der Waals surface area (Å²) in [6.45, 7) is 0. The molecule has 0 aliphatic heterocycles. The molecule has 0 bridgehead atoms. The van der Waals surface area contributed by atoms with E-state index in [1.165, 1.54) is 0 Å². The maximum Gasteiger partial charge on any atom is 0.164 e. The van der Waals surface area contributed by atoms with Gasteiger partial charge in [-0.1, -0.05) is 200 Å². The van der Waals surface area contributed by atoms with E-state index in [1.807, 2.05) is 54.6 Å². The maximum absolute atomic E-state index is 6.36. The summed E-state index contributed by atoms with van der Waals surface area (Å²) in [6.07, 6.45) is 0. The number of aromatic nitrogens is 5. The molecule has 8 aromatic carbocycles. The predicted molar refractivity (Wildman–Crippen MR) is 251 cm³/mol. The van der Waals surface area contributed by atoms with Crippen LogP contribution in [0.1, 0.15) is 0 Å². The summed E-state index contributed by atoms with van der Waals surface area (Å²) in [4.78, 5) is 15.2. The molecule has 0 N–H and O–H groups in total. The van der Waals surface area contributed by atoms with E-state index in [1.54, 1.807) is 0 Å². The van der Waals surface area contributed by atoms with Crippen molar-refractivity contribution in [3.05, 3.63) is 212 Å². The molecule has 290 valence electrons. The average Bonchev–Trinajstić information content (AvgIpc) is 3.95. The lowest BCUT2D eigenvalue weighted by Crippen LogP contribution is -2.00. The van der Waals surface area contributed by atoms with Gasteiger partial charge in [0, 0.05) is 55.1 Å². The fourth-order valence-electron chi connectivity index (χ4n) is 8.68. The van der Waals surface area contributed by atoms with Crippen LogP contribution in [0.5, 0.6) is 0 Å². The van der Waals surface area contributed by atoms with Gasteiger partial charge in [-0.15, -0.1) is 0 Å². The normalized spacial score (nSPS) is 11.5. The molecule has 0 radical (unpaired) electrons. The van der Waals surface area contributed by atoms with Crippen LogP contribution in [0.15, 0.2) is 217 Å². The van der Waals surface area contributed by atoms with Crippen molar-refractivity contribution in [2.75, 3.05) is 0 Å². The van der Waals surface area contributed by atoms with Crippen molar-refractivity contribution in [1.82, 2.24) is 24.6 Å². The van der Waals surface area contributed by atoms with E-state index in [9.17, 15) is 0 Å². The van der Waals surface area contributed by atoms with E-state index < -0.39 is 0 Å². The topological polar surface area (TPSA) is 69.1 Å². The molecule has 4 aromatic heterocycles. The van der Waals surface area contributed by atoms with Crippen molar-refractivity contribution in [2.45, 2.75) is 0 Å². The Morgan fingerprint density at radius 2 is 0.871 bits per heavy atom. The highest BCUT2D eigenvalue weighted by Gasteiger charge is 2.22. The van der Waals surface area contributed by atoms with Gasteiger partial charge in [-0.25, -0.2) is 19.5 Å². The molecular weight excluding hydrogens is 759 g/mol. The molecule has 0 aliphatic carbocycles. The van der Waals surface area contributed by atoms with Gasteiger partial charge in [0.2, 0.25) is 0 Å². The Kier molecular flexibility index (Phi) is 8.38. The first-order chi connectivity index (χ1) is 30.7. The van der Waals surface area contributed by atoms with Crippen LogP contribution in [0.4, 0.5) is 0 Å². The van der Waals surface area contributed by atoms with Gasteiger partial charge in [-0.05, 0) is 28.6 Å². The Balaban J connectivity index is 0.966. The van der Waals surface area contributed by atoms with Crippen LogP contribution in [-0.4, -0.2) is 24.6 Å². The van der Waals surface area contributed by atoms with E-state index in [0.29, 0.717) is 17.5 Å². The third-order valence-corrected chi connectivity index (χ3v) is 11.7. The second-order valence-corrected chi connectivity index (χ2v) is 15.4. The van der Waals surface area contributed by atoms with E-state index in [4.69, 9.17) is 24.5 Å². The van der Waals surface area contributed by atoms with Crippen LogP contribution < -0.4 is 0 Å². The summed E-state index contributed by atoms with van der Waals surface area (Å²) in [5, 5.41) is 9.89. The summed E-state index contributed by atoms with van der Waals surface area (Å²) in [5.74, 6) is 1.80. The van der Waals surface area contributed by atoms with E-state index in [2.05, 4.69) is 162 Å². The molecular formula is C56H35N5O. The van der Waals surface area contributed by atoms with Crippen molar-refractivity contribution >= 4 is 38.2 Å². The van der Waals surface area contributed by atoms with Crippen LogP contribution in [0.25, 0.3) is 117 Å². The summed E-state index contributed by atoms with van der Waals surface area (Å²) in [6, 6.07) is 73.3. The fourth-order valence-corrected chi connectivity index (χ4v) is 8.68. The number of benzene rings is 8. The van der Waals surface area contributed by atoms with Crippen molar-refractivity contribution in [2.24, 2.45) is 0 Å². The van der Waals surface area contributed by atoms with Gasteiger partial charge in [-0.2, -0.15) is 5.10 Å². The third-order valence-electron chi connectivity index (χ3n) is 11.7. The Morgan fingerprint density at radius 3 is 1.53 bits per heavy atom. The monoisotopic (exact) mass is 793 g/mol. The fraction of sp³-hybridized carbons (Fsp3) is 0. The zero-order valence-electron chi connectivity index (χ0n) is 33.4. The minimum absolute atomic E-state index is 0.594. The van der Waals surface area contributed by atoms with Crippen LogP contribution in [-0.2, 0) is 0 Å². The van der Waals surface area contributed by atoms with Crippen molar-refractivity contribution < 1.29 is 4.42 Å². The summed E-state index contributed by atoms with van der Waals surface area (Å²) < 4.78 is 8.48. The maximum atomic E-state index is 6.36. The minimum atomic E-state index is 0.594. The highest BCUT2D eigenvalue weighted by molar-refractivity contribution is 6.10. The number of fused-ring (bicyclic) bond motifs is 6. The molecule has 0 aliphatic rings.